The van der Waals surface area contributed by atoms with E-state index in [1.54, 1.807) is 6.08 Å². The number of hydrogen-bond acceptors (Lipinski definition) is 5. The van der Waals surface area contributed by atoms with Gasteiger partial charge in [0.2, 0.25) is 11.8 Å². The van der Waals surface area contributed by atoms with Crippen LogP contribution >= 0.6 is 11.8 Å². The van der Waals surface area contributed by atoms with Crippen molar-refractivity contribution in [2.75, 3.05) is 18.7 Å². The van der Waals surface area contributed by atoms with Crippen LogP contribution in [0.2, 0.25) is 0 Å². The molecule has 0 aromatic heterocycles. The van der Waals surface area contributed by atoms with E-state index in [2.05, 4.69) is 10.1 Å². The predicted octanol–water partition coefficient (Wildman–Crippen LogP) is 3.13. The highest BCUT2D eigenvalue weighted by atomic mass is 32.2. The van der Waals surface area contributed by atoms with Crippen molar-refractivity contribution in [1.29, 1.82) is 0 Å². The molecule has 154 valence electrons. The Bertz CT molecular complexity index is 730. The van der Waals surface area contributed by atoms with Crippen LogP contribution in [0.25, 0.3) is 6.08 Å². The maximum absolute atomic E-state index is 12.5. The van der Waals surface area contributed by atoms with Crippen LogP contribution in [0.5, 0.6) is 11.5 Å². The van der Waals surface area contributed by atoms with Gasteiger partial charge in [0.15, 0.2) is 11.5 Å². The van der Waals surface area contributed by atoms with E-state index >= 15 is 0 Å². The molecule has 0 radical (unpaired) electrons. The predicted molar refractivity (Wildman–Crippen MR) is 105 cm³/mol. The van der Waals surface area contributed by atoms with Gasteiger partial charge >= 0.3 is 6.61 Å². The van der Waals surface area contributed by atoms with Gasteiger partial charge in [0.25, 0.3) is 0 Å². The first-order valence-corrected chi connectivity index (χ1v) is 10.0. The standard InChI is InChI=1S/C19H24F2N2O4S/c1-4-12(2)22-18(25)14-10-28-11-23(14)17(24)8-6-13-5-7-15(27-19(20)21)16(9-13)26-3/h5-9,12,14,19H,4,10-11H2,1-3H3,(H,22,25)/b8-6+/t12-,14-/m0/s1. The Morgan fingerprint density at radius 2 is 2.14 bits per heavy atom. The normalized spacial score (nSPS) is 17.8. The number of nitrogens with one attached hydrogen (secondary N) is 1. The second-order valence-electron chi connectivity index (χ2n) is 6.26. The first-order valence-electron chi connectivity index (χ1n) is 8.85. The lowest BCUT2D eigenvalue weighted by molar-refractivity contribution is -0.135. The maximum atomic E-state index is 12.5. The van der Waals surface area contributed by atoms with Crippen molar-refractivity contribution in [3.8, 4) is 11.5 Å². The zero-order chi connectivity index (χ0) is 20.7. The van der Waals surface area contributed by atoms with Crippen LogP contribution in [0.3, 0.4) is 0 Å². The van der Waals surface area contributed by atoms with Gasteiger partial charge in [-0.3, -0.25) is 9.59 Å². The molecule has 0 bridgehead atoms. The van der Waals surface area contributed by atoms with Crippen LogP contribution in [0.1, 0.15) is 25.8 Å². The molecule has 1 aliphatic rings. The van der Waals surface area contributed by atoms with Crippen molar-refractivity contribution in [1.82, 2.24) is 10.2 Å². The van der Waals surface area contributed by atoms with Crippen LogP contribution in [0, 0.1) is 0 Å². The van der Waals surface area contributed by atoms with Gasteiger partial charge in [0.05, 0.1) is 13.0 Å². The summed E-state index contributed by atoms with van der Waals surface area (Å²) in [5.74, 6) is 0.593. The quantitative estimate of drug-likeness (QED) is 0.662. The van der Waals surface area contributed by atoms with Crippen molar-refractivity contribution in [2.45, 2.75) is 39.0 Å². The van der Waals surface area contributed by atoms with Gasteiger partial charge in [0.1, 0.15) is 6.04 Å². The van der Waals surface area contributed by atoms with Gasteiger partial charge in [-0.05, 0) is 37.1 Å². The Hall–Kier alpha value is -2.29. The van der Waals surface area contributed by atoms with E-state index in [4.69, 9.17) is 4.74 Å². The summed E-state index contributed by atoms with van der Waals surface area (Å²) in [6.07, 6.45) is 3.72. The highest BCUT2D eigenvalue weighted by Gasteiger charge is 2.33. The van der Waals surface area contributed by atoms with Crippen molar-refractivity contribution in [3.63, 3.8) is 0 Å². The number of methoxy groups -OCH3 is 1. The van der Waals surface area contributed by atoms with Crippen LogP contribution in [-0.2, 0) is 9.59 Å². The number of carbonyl (C=O) groups excluding carboxylic acids is 2. The number of nitrogens with zero attached hydrogens (tertiary/aromatic N) is 1. The van der Waals surface area contributed by atoms with Crippen LogP contribution < -0.4 is 14.8 Å². The molecule has 1 N–H and O–H groups in total. The van der Waals surface area contributed by atoms with E-state index < -0.39 is 12.7 Å². The number of rotatable bonds is 8. The molecule has 0 spiro atoms. The Labute approximate surface area is 167 Å². The molecule has 1 saturated heterocycles. The summed E-state index contributed by atoms with van der Waals surface area (Å²) in [7, 11) is 1.34. The maximum Gasteiger partial charge on any atom is 0.387 e. The Morgan fingerprint density at radius 3 is 2.79 bits per heavy atom. The molecule has 2 rings (SSSR count). The third kappa shape index (κ3) is 5.85. The monoisotopic (exact) mass is 414 g/mol. The molecule has 1 aliphatic heterocycles. The average Bonchev–Trinajstić information content (AvgIpc) is 3.16. The first-order chi connectivity index (χ1) is 13.3. The molecule has 0 saturated carbocycles. The van der Waals surface area contributed by atoms with Gasteiger partial charge in [-0.25, -0.2) is 0 Å². The second-order valence-corrected chi connectivity index (χ2v) is 7.26. The lowest BCUT2D eigenvalue weighted by Crippen LogP contribution is -2.48. The summed E-state index contributed by atoms with van der Waals surface area (Å²) >= 11 is 1.52. The summed E-state index contributed by atoms with van der Waals surface area (Å²) in [5, 5.41) is 2.91. The van der Waals surface area contributed by atoms with E-state index in [9.17, 15) is 18.4 Å². The molecule has 9 heteroatoms. The minimum atomic E-state index is -2.96. The summed E-state index contributed by atoms with van der Waals surface area (Å²) < 4.78 is 34.2. The van der Waals surface area contributed by atoms with E-state index in [-0.39, 0.29) is 29.4 Å². The van der Waals surface area contributed by atoms with E-state index in [0.29, 0.717) is 17.2 Å². The molecule has 0 unspecified atom stereocenters. The first kappa shape index (κ1) is 22.0. The number of ether oxygens (including phenoxy) is 2. The van der Waals surface area contributed by atoms with E-state index in [0.717, 1.165) is 6.42 Å². The van der Waals surface area contributed by atoms with Crippen molar-refractivity contribution in [2.24, 2.45) is 0 Å². The number of amides is 2. The fraction of sp³-hybridized carbons (Fsp3) is 0.474. The highest BCUT2D eigenvalue weighted by Crippen LogP contribution is 2.30. The zero-order valence-corrected chi connectivity index (χ0v) is 16.8. The van der Waals surface area contributed by atoms with Crippen molar-refractivity contribution in [3.05, 3.63) is 29.8 Å². The highest BCUT2D eigenvalue weighted by molar-refractivity contribution is 7.99. The van der Waals surface area contributed by atoms with Gasteiger partial charge < -0.3 is 19.7 Å². The second kappa shape index (κ2) is 10.3. The van der Waals surface area contributed by atoms with Gasteiger partial charge in [-0.15, -0.1) is 11.8 Å². The smallest absolute Gasteiger partial charge is 0.387 e. The minimum absolute atomic E-state index is 0.0482. The fourth-order valence-electron chi connectivity index (χ4n) is 2.56. The lowest BCUT2D eigenvalue weighted by atomic mass is 10.1. The number of halogens is 2. The van der Waals surface area contributed by atoms with Gasteiger partial charge in [-0.1, -0.05) is 13.0 Å². The SMILES string of the molecule is CC[C@H](C)NC(=O)[C@@H]1CSCN1C(=O)/C=C/c1ccc(OC(F)F)c(OC)c1. The number of carbonyl (C=O) groups is 2. The number of thioether (sulfide) groups is 1. The number of alkyl halides is 2. The molecule has 28 heavy (non-hydrogen) atoms. The molecule has 1 fully saturated rings. The Morgan fingerprint density at radius 1 is 1.39 bits per heavy atom. The third-order valence-corrected chi connectivity index (χ3v) is 5.30. The van der Waals surface area contributed by atoms with Gasteiger partial charge in [-0.2, -0.15) is 8.78 Å². The molecule has 1 aromatic rings. The van der Waals surface area contributed by atoms with Crippen LogP contribution in [0.15, 0.2) is 24.3 Å². The van der Waals surface area contributed by atoms with E-state index in [1.165, 1.54) is 48.0 Å². The third-order valence-electron chi connectivity index (χ3n) is 4.29. The Kier molecular flexibility index (Phi) is 8.10. The average molecular weight is 414 g/mol. The fourth-order valence-corrected chi connectivity index (χ4v) is 3.73. The summed E-state index contributed by atoms with van der Waals surface area (Å²) in [6, 6.07) is 3.92. The molecule has 1 aromatic carbocycles. The molecule has 2 atom stereocenters. The number of benzene rings is 1. The molecule has 1 heterocycles. The number of hydrogen-bond donors (Lipinski definition) is 1. The molecule has 2 amide bonds. The van der Waals surface area contributed by atoms with Crippen molar-refractivity contribution < 1.29 is 27.8 Å². The molecule has 0 aliphatic carbocycles. The molecular formula is C19H24F2N2O4S. The summed E-state index contributed by atoms with van der Waals surface area (Å²) in [6.45, 7) is 0.940. The van der Waals surface area contributed by atoms with Gasteiger partial charge in [0, 0.05) is 17.9 Å². The lowest BCUT2D eigenvalue weighted by Gasteiger charge is -2.23. The zero-order valence-electron chi connectivity index (χ0n) is 16.0. The summed E-state index contributed by atoms with van der Waals surface area (Å²) in [4.78, 5) is 26.4. The molecular weight excluding hydrogens is 390 g/mol. The van der Waals surface area contributed by atoms with E-state index in [1.807, 2.05) is 13.8 Å². The van der Waals surface area contributed by atoms with Crippen molar-refractivity contribution >= 4 is 29.7 Å². The summed E-state index contributed by atoms with van der Waals surface area (Å²) in [5.41, 5.74) is 0.583. The Balaban J connectivity index is 2.06. The molecule has 6 nitrogen and oxygen atoms in total. The van der Waals surface area contributed by atoms with Crippen LogP contribution in [-0.4, -0.2) is 54.1 Å². The van der Waals surface area contributed by atoms with Crippen LogP contribution in [0.4, 0.5) is 8.78 Å². The topological polar surface area (TPSA) is 67.9 Å². The minimum Gasteiger partial charge on any atom is -0.493 e. The largest absolute Gasteiger partial charge is 0.493 e.